The second kappa shape index (κ2) is 6.06. The Morgan fingerprint density at radius 1 is 1.22 bits per heavy atom. The van der Waals surface area contributed by atoms with E-state index in [0.717, 1.165) is 15.1 Å². The number of halogens is 1. The van der Waals surface area contributed by atoms with Gasteiger partial charge >= 0.3 is 5.97 Å². The standard InChI is InChI=1S/C17H14BrNO4/c1-23-12-5-2-10(3-6-12)16-9-14(17(20)21)13-8-11(18)4-7-15(13)19(16)22/h2-9,16,22H,1H3,(H,20,21). The quantitative estimate of drug-likeness (QED) is 0.851. The molecule has 2 aromatic carbocycles. The number of fused-ring (bicyclic) bond motifs is 1. The molecule has 1 heterocycles. The van der Waals surface area contributed by atoms with Gasteiger partial charge in [-0.1, -0.05) is 28.1 Å². The Morgan fingerprint density at radius 3 is 2.52 bits per heavy atom. The Bertz CT molecular complexity index is 786. The van der Waals surface area contributed by atoms with Gasteiger partial charge in [0.2, 0.25) is 0 Å². The van der Waals surface area contributed by atoms with E-state index in [9.17, 15) is 15.1 Å². The Labute approximate surface area is 141 Å². The van der Waals surface area contributed by atoms with E-state index in [-0.39, 0.29) is 5.57 Å². The molecule has 1 aliphatic heterocycles. The summed E-state index contributed by atoms with van der Waals surface area (Å²) in [6.07, 6.45) is 1.54. The minimum atomic E-state index is -1.03. The van der Waals surface area contributed by atoms with Crippen LogP contribution in [0.1, 0.15) is 17.2 Å². The van der Waals surface area contributed by atoms with Crippen molar-refractivity contribution in [3.63, 3.8) is 0 Å². The topological polar surface area (TPSA) is 70.0 Å². The maximum Gasteiger partial charge on any atom is 0.336 e. The summed E-state index contributed by atoms with van der Waals surface area (Å²) in [5, 5.41) is 21.1. The van der Waals surface area contributed by atoms with Crippen molar-refractivity contribution in [3.05, 3.63) is 64.1 Å². The summed E-state index contributed by atoms with van der Waals surface area (Å²) >= 11 is 3.33. The lowest BCUT2D eigenvalue weighted by Gasteiger charge is -2.32. The summed E-state index contributed by atoms with van der Waals surface area (Å²) in [4.78, 5) is 11.6. The van der Waals surface area contributed by atoms with Crippen molar-refractivity contribution in [1.29, 1.82) is 0 Å². The highest BCUT2D eigenvalue weighted by Crippen LogP contribution is 2.40. The van der Waals surface area contributed by atoms with Crippen molar-refractivity contribution < 1.29 is 19.8 Å². The molecule has 6 heteroatoms. The lowest BCUT2D eigenvalue weighted by atomic mass is 9.93. The zero-order chi connectivity index (χ0) is 16.6. The van der Waals surface area contributed by atoms with Gasteiger partial charge in [0.1, 0.15) is 11.8 Å². The molecule has 3 rings (SSSR count). The molecule has 0 spiro atoms. The van der Waals surface area contributed by atoms with Gasteiger partial charge < -0.3 is 9.84 Å². The number of hydrogen-bond donors (Lipinski definition) is 2. The molecule has 1 unspecified atom stereocenters. The second-order valence-electron chi connectivity index (χ2n) is 5.11. The average molecular weight is 376 g/mol. The molecule has 23 heavy (non-hydrogen) atoms. The van der Waals surface area contributed by atoms with Gasteiger partial charge in [-0.2, -0.15) is 0 Å². The molecule has 1 aliphatic rings. The highest BCUT2D eigenvalue weighted by molar-refractivity contribution is 9.10. The van der Waals surface area contributed by atoms with E-state index in [1.807, 2.05) is 0 Å². The number of methoxy groups -OCH3 is 1. The minimum Gasteiger partial charge on any atom is -0.497 e. The molecule has 0 aliphatic carbocycles. The van der Waals surface area contributed by atoms with Crippen LogP contribution in [0.5, 0.6) is 5.75 Å². The van der Waals surface area contributed by atoms with Crippen molar-refractivity contribution in [2.75, 3.05) is 12.2 Å². The Kier molecular flexibility index (Phi) is 4.11. The molecule has 0 bridgehead atoms. The van der Waals surface area contributed by atoms with Crippen LogP contribution in [0.4, 0.5) is 5.69 Å². The van der Waals surface area contributed by atoms with E-state index in [0.29, 0.717) is 17.0 Å². The van der Waals surface area contributed by atoms with Crippen LogP contribution in [0.2, 0.25) is 0 Å². The molecule has 118 valence electrons. The van der Waals surface area contributed by atoms with E-state index < -0.39 is 12.0 Å². The first-order valence-electron chi connectivity index (χ1n) is 6.88. The number of rotatable bonds is 3. The van der Waals surface area contributed by atoms with Crippen molar-refractivity contribution in [1.82, 2.24) is 0 Å². The summed E-state index contributed by atoms with van der Waals surface area (Å²) in [5.41, 5.74) is 1.85. The Hall–Kier alpha value is -2.31. The lowest BCUT2D eigenvalue weighted by molar-refractivity contribution is -0.130. The smallest absolute Gasteiger partial charge is 0.336 e. The second-order valence-corrected chi connectivity index (χ2v) is 6.03. The first kappa shape index (κ1) is 15.6. The van der Waals surface area contributed by atoms with Crippen molar-refractivity contribution in [2.45, 2.75) is 6.04 Å². The number of nitrogens with zero attached hydrogens (tertiary/aromatic N) is 1. The third-order valence-electron chi connectivity index (χ3n) is 3.77. The summed E-state index contributed by atoms with van der Waals surface area (Å²) in [6.45, 7) is 0. The maximum atomic E-state index is 11.6. The van der Waals surface area contributed by atoms with Crippen LogP contribution in [0.25, 0.3) is 5.57 Å². The SMILES string of the molecule is COc1ccc(C2C=C(C(=O)O)c3cc(Br)ccc3N2O)cc1. The van der Waals surface area contributed by atoms with E-state index in [2.05, 4.69) is 15.9 Å². The summed E-state index contributed by atoms with van der Waals surface area (Å²) in [6, 6.07) is 11.7. The number of carbonyl (C=O) groups is 1. The zero-order valence-electron chi connectivity index (χ0n) is 12.2. The van der Waals surface area contributed by atoms with Crippen LogP contribution in [-0.4, -0.2) is 23.4 Å². The number of hydroxylamine groups is 1. The fraction of sp³-hybridized carbons (Fsp3) is 0.118. The van der Waals surface area contributed by atoms with Gasteiger partial charge in [0.25, 0.3) is 0 Å². The number of benzene rings is 2. The normalized spacial score (nSPS) is 16.6. The third kappa shape index (κ3) is 2.83. The summed E-state index contributed by atoms with van der Waals surface area (Å²) in [5.74, 6) is -0.336. The summed E-state index contributed by atoms with van der Waals surface area (Å²) in [7, 11) is 1.57. The van der Waals surface area contributed by atoms with Gasteiger partial charge in [-0.25, -0.2) is 9.86 Å². The largest absolute Gasteiger partial charge is 0.497 e. The number of carboxylic acid groups (broad SMARTS) is 1. The van der Waals surface area contributed by atoms with Gasteiger partial charge in [-0.05, 0) is 42.0 Å². The highest BCUT2D eigenvalue weighted by atomic mass is 79.9. The van der Waals surface area contributed by atoms with Crippen LogP contribution < -0.4 is 9.80 Å². The van der Waals surface area contributed by atoms with Crippen molar-refractivity contribution >= 4 is 33.2 Å². The lowest BCUT2D eigenvalue weighted by Crippen LogP contribution is -2.28. The average Bonchev–Trinajstić information content (AvgIpc) is 2.55. The minimum absolute atomic E-state index is 0.160. The molecule has 0 saturated carbocycles. The monoisotopic (exact) mass is 375 g/mol. The Balaban J connectivity index is 2.10. The van der Waals surface area contributed by atoms with Crippen LogP contribution in [0, 0.1) is 0 Å². The van der Waals surface area contributed by atoms with Gasteiger partial charge in [-0.15, -0.1) is 0 Å². The molecular formula is C17H14BrNO4. The maximum absolute atomic E-state index is 11.6. The summed E-state index contributed by atoms with van der Waals surface area (Å²) < 4.78 is 5.87. The molecule has 2 aromatic rings. The number of carboxylic acids is 1. The van der Waals surface area contributed by atoms with Crippen LogP contribution in [0.3, 0.4) is 0 Å². The van der Waals surface area contributed by atoms with Gasteiger partial charge in [0.05, 0.1) is 18.4 Å². The number of ether oxygens (including phenoxy) is 1. The van der Waals surface area contributed by atoms with Gasteiger partial charge in [0, 0.05) is 10.0 Å². The van der Waals surface area contributed by atoms with Gasteiger partial charge in [-0.3, -0.25) is 5.21 Å². The molecule has 0 amide bonds. The predicted octanol–water partition coefficient (Wildman–Crippen LogP) is 3.88. The number of aliphatic carboxylic acids is 1. The van der Waals surface area contributed by atoms with Gasteiger partial charge in [0.15, 0.2) is 0 Å². The first-order valence-corrected chi connectivity index (χ1v) is 7.67. The third-order valence-corrected chi connectivity index (χ3v) is 4.26. The van der Waals surface area contributed by atoms with Crippen LogP contribution in [0.15, 0.2) is 53.0 Å². The zero-order valence-corrected chi connectivity index (χ0v) is 13.8. The predicted molar refractivity (Wildman–Crippen MR) is 89.8 cm³/mol. The molecule has 5 nitrogen and oxygen atoms in total. The van der Waals surface area contributed by atoms with E-state index in [1.165, 1.54) is 0 Å². The molecule has 0 radical (unpaired) electrons. The molecule has 2 N–H and O–H groups in total. The number of anilines is 1. The highest BCUT2D eigenvalue weighted by Gasteiger charge is 2.29. The molecule has 0 saturated heterocycles. The van der Waals surface area contributed by atoms with Crippen LogP contribution >= 0.6 is 15.9 Å². The van der Waals surface area contributed by atoms with E-state index in [4.69, 9.17) is 4.74 Å². The van der Waals surface area contributed by atoms with E-state index >= 15 is 0 Å². The van der Waals surface area contributed by atoms with Crippen molar-refractivity contribution in [2.24, 2.45) is 0 Å². The molecule has 0 aromatic heterocycles. The fourth-order valence-corrected chi connectivity index (χ4v) is 2.98. The Morgan fingerprint density at radius 2 is 1.91 bits per heavy atom. The van der Waals surface area contributed by atoms with Crippen LogP contribution in [-0.2, 0) is 4.79 Å². The van der Waals surface area contributed by atoms with Crippen molar-refractivity contribution in [3.8, 4) is 5.75 Å². The number of hydrogen-bond acceptors (Lipinski definition) is 4. The first-order chi connectivity index (χ1) is 11.0. The fourth-order valence-electron chi connectivity index (χ4n) is 2.62. The van der Waals surface area contributed by atoms with E-state index in [1.54, 1.807) is 55.7 Å². The molecule has 0 fully saturated rings. The molecule has 1 atom stereocenters. The molecular weight excluding hydrogens is 362 g/mol.